The first kappa shape index (κ1) is 11.7. The Labute approximate surface area is 103 Å². The molecule has 1 amide bonds. The quantitative estimate of drug-likeness (QED) is 0.780. The summed E-state index contributed by atoms with van der Waals surface area (Å²) >= 11 is 5.56. The number of hydrogen-bond acceptors (Lipinski definition) is 2. The number of benzene rings is 1. The molecule has 0 radical (unpaired) electrons. The molecule has 1 heterocycles. The van der Waals surface area contributed by atoms with Crippen molar-refractivity contribution in [3.63, 3.8) is 0 Å². The van der Waals surface area contributed by atoms with Gasteiger partial charge in [-0.05, 0) is 6.07 Å². The minimum absolute atomic E-state index is 0.00894. The summed E-state index contributed by atoms with van der Waals surface area (Å²) in [5.41, 5.74) is 0.00894. The Balaban J connectivity index is 2.39. The van der Waals surface area contributed by atoms with Gasteiger partial charge in [-0.25, -0.2) is 4.39 Å². The van der Waals surface area contributed by atoms with Crippen LogP contribution in [0.1, 0.15) is 6.42 Å². The zero-order valence-electron chi connectivity index (χ0n) is 8.78. The minimum Gasteiger partial charge on any atom is -0.506 e. The average Bonchev–Trinajstić information content (AvgIpc) is 2.65. The Morgan fingerprint density at radius 3 is 2.88 bits per heavy atom. The van der Waals surface area contributed by atoms with E-state index < -0.39 is 5.82 Å². The van der Waals surface area contributed by atoms with Crippen LogP contribution in [0.3, 0.4) is 0 Å². The fourth-order valence-corrected chi connectivity index (χ4v) is 1.94. The lowest BCUT2D eigenvalue weighted by atomic mass is 10.1. The second-order valence-corrected chi connectivity index (χ2v) is 4.23. The van der Waals surface area contributed by atoms with Crippen molar-refractivity contribution in [2.24, 2.45) is 5.92 Å². The van der Waals surface area contributed by atoms with Crippen LogP contribution in [0, 0.1) is 24.1 Å². The van der Waals surface area contributed by atoms with Gasteiger partial charge < -0.3 is 10.0 Å². The number of terminal acetylenes is 1. The normalized spacial score (nSPS) is 19.5. The maximum atomic E-state index is 13.6. The maximum Gasteiger partial charge on any atom is 0.228 e. The van der Waals surface area contributed by atoms with Gasteiger partial charge in [-0.15, -0.1) is 12.3 Å². The predicted octanol–water partition coefficient (Wildman–Crippen LogP) is 2.17. The van der Waals surface area contributed by atoms with Crippen LogP contribution in [0.4, 0.5) is 10.1 Å². The molecule has 5 heteroatoms. The predicted molar refractivity (Wildman–Crippen MR) is 62.4 cm³/mol. The molecule has 0 aliphatic carbocycles. The number of carbonyl (C=O) groups excluding carboxylic acids is 1. The minimum atomic E-state index is -0.654. The fourth-order valence-electron chi connectivity index (χ4n) is 1.79. The van der Waals surface area contributed by atoms with Crippen LogP contribution in [0.15, 0.2) is 12.1 Å². The largest absolute Gasteiger partial charge is 0.506 e. The van der Waals surface area contributed by atoms with Gasteiger partial charge >= 0.3 is 0 Å². The molecule has 1 unspecified atom stereocenters. The number of phenolic OH excluding ortho intramolecular Hbond substituents is 1. The number of carbonyl (C=O) groups is 1. The second kappa shape index (κ2) is 4.27. The van der Waals surface area contributed by atoms with Crippen molar-refractivity contribution in [1.29, 1.82) is 0 Å². The highest BCUT2D eigenvalue weighted by Crippen LogP contribution is 2.34. The molecule has 1 fully saturated rings. The molecule has 1 aliphatic heterocycles. The first-order chi connectivity index (χ1) is 8.02. The highest BCUT2D eigenvalue weighted by Gasteiger charge is 2.31. The molecule has 88 valence electrons. The number of anilines is 1. The number of amides is 1. The number of nitrogens with zero attached hydrogens (tertiary/aromatic N) is 1. The second-order valence-electron chi connectivity index (χ2n) is 3.83. The molecule has 0 bridgehead atoms. The van der Waals surface area contributed by atoms with Crippen molar-refractivity contribution in [3.8, 4) is 18.1 Å². The van der Waals surface area contributed by atoms with E-state index in [2.05, 4.69) is 5.92 Å². The Bertz CT molecular complexity index is 524. The smallest absolute Gasteiger partial charge is 0.228 e. The molecular formula is C12H9ClFNO2. The number of rotatable bonds is 1. The van der Waals surface area contributed by atoms with E-state index in [1.807, 2.05) is 0 Å². The van der Waals surface area contributed by atoms with Gasteiger partial charge in [-0.1, -0.05) is 11.6 Å². The Morgan fingerprint density at radius 2 is 2.29 bits per heavy atom. The number of phenols is 1. The highest BCUT2D eigenvalue weighted by atomic mass is 35.5. The Kier molecular flexibility index (Phi) is 2.95. The van der Waals surface area contributed by atoms with Crippen molar-refractivity contribution < 1.29 is 14.3 Å². The molecule has 1 saturated heterocycles. The van der Waals surface area contributed by atoms with Crippen LogP contribution < -0.4 is 4.90 Å². The van der Waals surface area contributed by atoms with Crippen LogP contribution in [0.2, 0.25) is 5.02 Å². The first-order valence-corrected chi connectivity index (χ1v) is 5.35. The van der Waals surface area contributed by atoms with E-state index in [9.17, 15) is 14.3 Å². The van der Waals surface area contributed by atoms with Crippen molar-refractivity contribution in [2.75, 3.05) is 11.4 Å². The zero-order chi connectivity index (χ0) is 12.6. The standard InChI is InChI=1S/C12H9ClFNO2/c1-2-7-3-12(17)15(6-7)10-5-11(16)8(13)4-9(10)14/h1,4-5,7,16H,3,6H2. The van der Waals surface area contributed by atoms with E-state index in [-0.39, 0.29) is 41.3 Å². The molecule has 3 nitrogen and oxygen atoms in total. The van der Waals surface area contributed by atoms with Crippen molar-refractivity contribution in [2.45, 2.75) is 6.42 Å². The molecular weight excluding hydrogens is 245 g/mol. The van der Waals surface area contributed by atoms with Gasteiger partial charge in [0.25, 0.3) is 0 Å². The van der Waals surface area contributed by atoms with Gasteiger partial charge in [0.2, 0.25) is 5.91 Å². The fraction of sp³-hybridized carbons (Fsp3) is 0.250. The summed E-state index contributed by atoms with van der Waals surface area (Å²) in [7, 11) is 0. The van der Waals surface area contributed by atoms with E-state index in [0.717, 1.165) is 12.1 Å². The van der Waals surface area contributed by atoms with Crippen LogP contribution in [0.5, 0.6) is 5.75 Å². The van der Waals surface area contributed by atoms with Crippen LogP contribution in [0.25, 0.3) is 0 Å². The highest BCUT2D eigenvalue weighted by molar-refractivity contribution is 6.32. The Hall–Kier alpha value is -1.73. The van der Waals surface area contributed by atoms with Crippen molar-refractivity contribution in [1.82, 2.24) is 0 Å². The number of aromatic hydroxyl groups is 1. The molecule has 1 aliphatic rings. The summed E-state index contributed by atoms with van der Waals surface area (Å²) in [5, 5.41) is 9.33. The summed E-state index contributed by atoms with van der Waals surface area (Å²) in [6.45, 7) is 0.257. The lowest BCUT2D eigenvalue weighted by molar-refractivity contribution is -0.117. The van der Waals surface area contributed by atoms with E-state index in [4.69, 9.17) is 18.0 Å². The zero-order valence-corrected chi connectivity index (χ0v) is 9.54. The summed E-state index contributed by atoms with van der Waals surface area (Å²) in [4.78, 5) is 12.9. The topological polar surface area (TPSA) is 40.5 Å². The molecule has 0 aromatic heterocycles. The molecule has 2 rings (SSSR count). The third-order valence-corrected chi connectivity index (χ3v) is 2.97. The van der Waals surface area contributed by atoms with E-state index in [1.54, 1.807) is 0 Å². The molecule has 1 aromatic rings. The van der Waals surface area contributed by atoms with Gasteiger partial charge in [-0.2, -0.15) is 0 Å². The maximum absolute atomic E-state index is 13.6. The van der Waals surface area contributed by atoms with Crippen LogP contribution in [-0.2, 0) is 4.79 Å². The van der Waals surface area contributed by atoms with Gasteiger partial charge in [0, 0.05) is 24.9 Å². The molecule has 0 saturated carbocycles. The molecule has 0 spiro atoms. The van der Waals surface area contributed by atoms with Gasteiger partial charge in [-0.3, -0.25) is 4.79 Å². The van der Waals surface area contributed by atoms with Crippen LogP contribution in [-0.4, -0.2) is 17.6 Å². The average molecular weight is 254 g/mol. The lowest BCUT2D eigenvalue weighted by Crippen LogP contribution is -2.25. The van der Waals surface area contributed by atoms with Gasteiger partial charge in [0.1, 0.15) is 11.6 Å². The third-order valence-electron chi connectivity index (χ3n) is 2.67. The van der Waals surface area contributed by atoms with Crippen LogP contribution >= 0.6 is 11.6 Å². The first-order valence-electron chi connectivity index (χ1n) is 4.97. The number of halogens is 2. The summed E-state index contributed by atoms with van der Waals surface area (Å²) in [5.74, 6) is 1.07. The molecule has 1 N–H and O–H groups in total. The van der Waals surface area contributed by atoms with E-state index >= 15 is 0 Å². The lowest BCUT2D eigenvalue weighted by Gasteiger charge is -2.17. The molecule has 17 heavy (non-hydrogen) atoms. The molecule has 1 atom stereocenters. The summed E-state index contributed by atoms with van der Waals surface area (Å²) < 4.78 is 13.6. The Morgan fingerprint density at radius 1 is 1.59 bits per heavy atom. The third kappa shape index (κ3) is 2.06. The van der Waals surface area contributed by atoms with Crippen molar-refractivity contribution in [3.05, 3.63) is 23.0 Å². The van der Waals surface area contributed by atoms with E-state index in [0.29, 0.717) is 0 Å². The van der Waals surface area contributed by atoms with Gasteiger partial charge in [0.05, 0.1) is 10.7 Å². The summed E-state index contributed by atoms with van der Waals surface area (Å²) in [6, 6.07) is 2.11. The molecule has 1 aromatic carbocycles. The monoisotopic (exact) mass is 253 g/mol. The number of hydrogen-bond donors (Lipinski definition) is 1. The SMILES string of the molecule is C#CC1CC(=O)N(c2cc(O)c(Cl)cc2F)C1. The summed E-state index contributed by atoms with van der Waals surface area (Å²) in [6.07, 6.45) is 5.43. The van der Waals surface area contributed by atoms with Gasteiger partial charge in [0.15, 0.2) is 0 Å². The van der Waals surface area contributed by atoms with Crippen molar-refractivity contribution >= 4 is 23.2 Å². The van der Waals surface area contributed by atoms with E-state index in [1.165, 1.54) is 4.90 Å².